The second kappa shape index (κ2) is 9.09. The highest BCUT2D eigenvalue weighted by Gasteiger charge is 2.36. The van der Waals surface area contributed by atoms with E-state index in [1.54, 1.807) is 0 Å². The van der Waals surface area contributed by atoms with Gasteiger partial charge in [0.2, 0.25) is 0 Å². The van der Waals surface area contributed by atoms with Crippen LogP contribution >= 0.6 is 0 Å². The second-order valence-electron chi connectivity index (χ2n) is 10.6. The van der Waals surface area contributed by atoms with Gasteiger partial charge in [-0.2, -0.15) is 0 Å². The van der Waals surface area contributed by atoms with Crippen molar-refractivity contribution in [2.45, 2.75) is 31.1 Å². The zero-order valence-electron chi connectivity index (χ0n) is 21.0. The Morgan fingerprint density at radius 2 is 1.51 bits per heavy atom. The summed E-state index contributed by atoms with van der Waals surface area (Å²) in [5.41, 5.74) is 19.9. The maximum absolute atomic E-state index is 6.72. The lowest BCUT2D eigenvalue weighted by Gasteiger charge is -2.39. The summed E-state index contributed by atoms with van der Waals surface area (Å²) >= 11 is 0. The van der Waals surface area contributed by atoms with Crippen LogP contribution in [0.3, 0.4) is 0 Å². The summed E-state index contributed by atoms with van der Waals surface area (Å²) < 4.78 is 0. The standard InChI is InChI=1S/C36H31N/c37-36-23-35-30-18-10-9-17-29(30)33-21-26(28-16-8-7-15-27(28)24-11-3-1-4-12-24)19-20-31(33)34(35)22-32(36)25-13-5-2-6-14-25/h2-3,5-21,23,29-30,32H,1,4,22,37H2. The van der Waals surface area contributed by atoms with Crippen molar-refractivity contribution < 1.29 is 0 Å². The van der Waals surface area contributed by atoms with Gasteiger partial charge in [0.15, 0.2) is 0 Å². The van der Waals surface area contributed by atoms with Gasteiger partial charge in [0, 0.05) is 23.5 Å². The van der Waals surface area contributed by atoms with Gasteiger partial charge in [0.05, 0.1) is 0 Å². The van der Waals surface area contributed by atoms with Crippen LogP contribution in [0.2, 0.25) is 0 Å². The third-order valence-electron chi connectivity index (χ3n) is 8.46. The fourth-order valence-electron chi connectivity index (χ4n) is 6.65. The summed E-state index contributed by atoms with van der Waals surface area (Å²) in [6.45, 7) is 0. The van der Waals surface area contributed by atoms with Gasteiger partial charge >= 0.3 is 0 Å². The molecule has 4 aliphatic rings. The SMILES string of the molecule is NC1=CC2=C(CC1c1ccccc1)c1ccc(-c3ccccc3C3=CCCC=C3)cc1C1C=CC=CC21. The molecular formula is C36H31N. The lowest BCUT2D eigenvalue weighted by molar-refractivity contribution is 0.642. The van der Waals surface area contributed by atoms with Crippen LogP contribution in [-0.2, 0) is 0 Å². The summed E-state index contributed by atoms with van der Waals surface area (Å²) in [4.78, 5) is 0. The normalized spacial score (nSPS) is 23.6. The Bertz CT molecular complexity index is 1560. The van der Waals surface area contributed by atoms with Crippen molar-refractivity contribution in [2.24, 2.45) is 11.7 Å². The van der Waals surface area contributed by atoms with Crippen molar-refractivity contribution in [1.29, 1.82) is 0 Å². The molecule has 0 saturated carbocycles. The van der Waals surface area contributed by atoms with E-state index in [-0.39, 0.29) is 5.92 Å². The van der Waals surface area contributed by atoms with Gasteiger partial charge in [0.1, 0.15) is 0 Å². The molecule has 37 heavy (non-hydrogen) atoms. The number of rotatable bonds is 3. The molecule has 4 aliphatic carbocycles. The molecule has 3 atom stereocenters. The van der Waals surface area contributed by atoms with Crippen molar-refractivity contribution in [3.63, 3.8) is 0 Å². The Kier molecular flexibility index (Phi) is 5.43. The molecule has 0 heterocycles. The molecule has 0 amide bonds. The Morgan fingerprint density at radius 3 is 2.32 bits per heavy atom. The summed E-state index contributed by atoms with van der Waals surface area (Å²) in [7, 11) is 0. The molecule has 7 rings (SSSR count). The van der Waals surface area contributed by atoms with Crippen molar-refractivity contribution in [1.82, 2.24) is 0 Å². The third kappa shape index (κ3) is 3.78. The zero-order chi connectivity index (χ0) is 24.8. The quantitative estimate of drug-likeness (QED) is 0.401. The van der Waals surface area contributed by atoms with Crippen LogP contribution in [-0.4, -0.2) is 0 Å². The van der Waals surface area contributed by atoms with E-state index in [0.29, 0.717) is 11.8 Å². The van der Waals surface area contributed by atoms with E-state index in [2.05, 4.69) is 121 Å². The van der Waals surface area contributed by atoms with E-state index >= 15 is 0 Å². The molecule has 1 heteroatoms. The Labute approximate surface area is 219 Å². The molecule has 0 bridgehead atoms. The molecule has 0 radical (unpaired) electrons. The van der Waals surface area contributed by atoms with Gasteiger partial charge in [-0.25, -0.2) is 0 Å². The second-order valence-corrected chi connectivity index (χ2v) is 10.6. The predicted octanol–water partition coefficient (Wildman–Crippen LogP) is 8.71. The molecule has 0 spiro atoms. The molecule has 0 aliphatic heterocycles. The van der Waals surface area contributed by atoms with Crippen LogP contribution in [0.25, 0.3) is 22.3 Å². The van der Waals surface area contributed by atoms with Gasteiger partial charge < -0.3 is 5.73 Å². The average Bonchev–Trinajstić information content (AvgIpc) is 2.98. The minimum absolute atomic E-state index is 0.220. The topological polar surface area (TPSA) is 26.0 Å². The first-order chi connectivity index (χ1) is 18.3. The minimum atomic E-state index is 0.220. The van der Waals surface area contributed by atoms with Crippen LogP contribution < -0.4 is 5.73 Å². The molecule has 3 aromatic rings. The number of hydrogen-bond donors (Lipinski definition) is 1. The fraction of sp³-hybridized carbons (Fsp3) is 0.167. The first kappa shape index (κ1) is 22.1. The summed E-state index contributed by atoms with van der Waals surface area (Å²) in [6, 6.07) is 26.8. The molecule has 0 saturated heterocycles. The average molecular weight is 478 g/mol. The first-order valence-corrected chi connectivity index (χ1v) is 13.5. The molecule has 3 aromatic carbocycles. The number of benzene rings is 3. The molecule has 0 fully saturated rings. The van der Waals surface area contributed by atoms with E-state index in [4.69, 9.17) is 5.73 Å². The van der Waals surface area contributed by atoms with Crippen molar-refractivity contribution in [3.8, 4) is 11.1 Å². The predicted molar refractivity (Wildman–Crippen MR) is 156 cm³/mol. The molecule has 1 nitrogen and oxygen atoms in total. The van der Waals surface area contributed by atoms with E-state index in [9.17, 15) is 0 Å². The fourth-order valence-corrected chi connectivity index (χ4v) is 6.65. The molecular weight excluding hydrogens is 446 g/mol. The highest BCUT2D eigenvalue weighted by molar-refractivity contribution is 5.88. The summed E-state index contributed by atoms with van der Waals surface area (Å²) in [6.07, 6.45) is 21.6. The van der Waals surface area contributed by atoms with Crippen LogP contribution in [0.15, 0.2) is 133 Å². The van der Waals surface area contributed by atoms with E-state index < -0.39 is 0 Å². The van der Waals surface area contributed by atoms with Crippen LogP contribution in [0, 0.1) is 5.92 Å². The number of nitrogens with two attached hydrogens (primary N) is 1. The third-order valence-corrected chi connectivity index (χ3v) is 8.46. The van der Waals surface area contributed by atoms with Crippen molar-refractivity contribution in [2.75, 3.05) is 0 Å². The highest BCUT2D eigenvalue weighted by Crippen LogP contribution is 2.52. The Morgan fingerprint density at radius 1 is 0.730 bits per heavy atom. The summed E-state index contributed by atoms with van der Waals surface area (Å²) in [5.74, 6) is 0.882. The van der Waals surface area contributed by atoms with Gasteiger partial charge in [-0.05, 0) is 81.5 Å². The van der Waals surface area contributed by atoms with Crippen molar-refractivity contribution >= 4 is 11.1 Å². The maximum atomic E-state index is 6.72. The Hall–Kier alpha value is -4.10. The zero-order valence-corrected chi connectivity index (χ0v) is 21.0. The van der Waals surface area contributed by atoms with E-state index in [1.807, 2.05) is 0 Å². The maximum Gasteiger partial charge on any atom is 0.0276 e. The van der Waals surface area contributed by atoms with Gasteiger partial charge in [-0.1, -0.05) is 109 Å². The van der Waals surface area contributed by atoms with Gasteiger partial charge in [-0.15, -0.1) is 0 Å². The van der Waals surface area contributed by atoms with Crippen LogP contribution in [0.4, 0.5) is 0 Å². The van der Waals surface area contributed by atoms with Gasteiger partial charge in [-0.3, -0.25) is 0 Å². The molecule has 0 aromatic heterocycles. The molecule has 180 valence electrons. The highest BCUT2D eigenvalue weighted by atomic mass is 14.6. The van der Waals surface area contributed by atoms with Crippen LogP contribution in [0.1, 0.15) is 53.4 Å². The number of hydrogen-bond acceptors (Lipinski definition) is 1. The molecule has 2 N–H and O–H groups in total. The smallest absolute Gasteiger partial charge is 0.0276 e. The van der Waals surface area contributed by atoms with Gasteiger partial charge in [0.25, 0.3) is 0 Å². The number of allylic oxidation sites excluding steroid dienone is 12. The lowest BCUT2D eigenvalue weighted by Crippen LogP contribution is -2.25. The van der Waals surface area contributed by atoms with E-state index in [0.717, 1.165) is 25.0 Å². The number of fused-ring (bicyclic) bond motifs is 5. The lowest BCUT2D eigenvalue weighted by atomic mass is 9.65. The molecule has 3 unspecified atom stereocenters. The monoisotopic (exact) mass is 477 g/mol. The van der Waals surface area contributed by atoms with Crippen LogP contribution in [0.5, 0.6) is 0 Å². The largest absolute Gasteiger partial charge is 0.402 e. The Balaban J connectivity index is 1.36. The minimum Gasteiger partial charge on any atom is -0.402 e. The van der Waals surface area contributed by atoms with E-state index in [1.165, 1.54) is 50.1 Å². The summed E-state index contributed by atoms with van der Waals surface area (Å²) in [5, 5.41) is 0. The van der Waals surface area contributed by atoms with Crippen molar-refractivity contribution in [3.05, 3.63) is 155 Å². The first-order valence-electron chi connectivity index (χ1n) is 13.5.